The van der Waals surface area contributed by atoms with Crippen molar-refractivity contribution < 1.29 is 19.8 Å². The van der Waals surface area contributed by atoms with Crippen LogP contribution in [-0.4, -0.2) is 34.2 Å². The minimum Gasteiger partial charge on any atom is -0.478 e. The van der Waals surface area contributed by atoms with E-state index >= 15 is 0 Å². The quantitative estimate of drug-likeness (QED) is 0.769. The number of rotatable bonds is 3. The highest BCUT2D eigenvalue weighted by atomic mass is 16.4. The number of carbonyl (C=O) groups is 2. The number of hydrogen-bond acceptors (Lipinski definition) is 3. The monoisotopic (exact) mass is 263 g/mol. The fourth-order valence-corrected chi connectivity index (χ4v) is 2.30. The number of aliphatic hydroxyl groups is 1. The molecule has 1 aliphatic rings. The molecule has 0 radical (unpaired) electrons. The number of aromatic carboxylic acids is 1. The van der Waals surface area contributed by atoms with E-state index in [-0.39, 0.29) is 17.5 Å². The van der Waals surface area contributed by atoms with Gasteiger partial charge < -0.3 is 15.5 Å². The molecule has 5 heteroatoms. The summed E-state index contributed by atoms with van der Waals surface area (Å²) in [4.78, 5) is 22.7. The summed E-state index contributed by atoms with van der Waals surface area (Å²) in [6.45, 7) is 0. The molecular weight excluding hydrogens is 246 g/mol. The number of carboxylic acids is 1. The van der Waals surface area contributed by atoms with Crippen LogP contribution in [0, 0.1) is 0 Å². The van der Waals surface area contributed by atoms with Crippen molar-refractivity contribution in [1.29, 1.82) is 0 Å². The van der Waals surface area contributed by atoms with Crippen LogP contribution in [0.1, 0.15) is 46.4 Å². The third-order valence-electron chi connectivity index (χ3n) is 3.44. The molecule has 2 unspecified atom stereocenters. The maximum Gasteiger partial charge on any atom is 0.335 e. The number of hydrogen-bond donors (Lipinski definition) is 3. The summed E-state index contributed by atoms with van der Waals surface area (Å²) in [6, 6.07) is 5.55. The van der Waals surface area contributed by atoms with Gasteiger partial charge in [-0.1, -0.05) is 12.8 Å². The van der Waals surface area contributed by atoms with Crippen LogP contribution < -0.4 is 5.32 Å². The number of aliphatic hydroxyl groups excluding tert-OH is 1. The van der Waals surface area contributed by atoms with Crippen LogP contribution in [-0.2, 0) is 0 Å². The van der Waals surface area contributed by atoms with Gasteiger partial charge in [-0.15, -0.1) is 0 Å². The van der Waals surface area contributed by atoms with E-state index in [2.05, 4.69) is 5.32 Å². The number of nitrogens with one attached hydrogen (secondary N) is 1. The molecule has 1 saturated carbocycles. The molecule has 1 aliphatic carbocycles. The molecule has 1 aromatic rings. The Morgan fingerprint density at radius 2 is 1.63 bits per heavy atom. The Morgan fingerprint density at radius 3 is 2.21 bits per heavy atom. The van der Waals surface area contributed by atoms with Gasteiger partial charge in [0.05, 0.1) is 17.7 Å². The molecule has 5 nitrogen and oxygen atoms in total. The number of carboxylic acid groups (broad SMARTS) is 1. The second kappa shape index (κ2) is 5.84. The molecule has 2 rings (SSSR count). The molecule has 0 heterocycles. The largest absolute Gasteiger partial charge is 0.478 e. The molecule has 1 aromatic carbocycles. The highest BCUT2D eigenvalue weighted by molar-refractivity contribution is 5.96. The van der Waals surface area contributed by atoms with E-state index in [0.29, 0.717) is 12.0 Å². The van der Waals surface area contributed by atoms with E-state index in [4.69, 9.17) is 5.11 Å². The highest BCUT2D eigenvalue weighted by Gasteiger charge is 2.24. The van der Waals surface area contributed by atoms with Crippen molar-refractivity contribution in [3.05, 3.63) is 35.4 Å². The molecule has 1 amide bonds. The lowest BCUT2D eigenvalue weighted by molar-refractivity contribution is 0.0694. The molecule has 0 aliphatic heterocycles. The van der Waals surface area contributed by atoms with Crippen LogP contribution in [0.4, 0.5) is 0 Å². The Morgan fingerprint density at radius 1 is 1.05 bits per heavy atom. The van der Waals surface area contributed by atoms with Crippen LogP contribution in [0.25, 0.3) is 0 Å². The minimum absolute atomic E-state index is 0.147. The zero-order valence-electron chi connectivity index (χ0n) is 10.5. The summed E-state index contributed by atoms with van der Waals surface area (Å²) in [7, 11) is 0. The maximum absolute atomic E-state index is 12.0. The highest BCUT2D eigenvalue weighted by Crippen LogP contribution is 2.18. The zero-order valence-corrected chi connectivity index (χ0v) is 10.5. The van der Waals surface area contributed by atoms with Crippen molar-refractivity contribution >= 4 is 11.9 Å². The Hall–Kier alpha value is -1.88. The average molecular weight is 263 g/mol. The van der Waals surface area contributed by atoms with Gasteiger partial charge in [0.2, 0.25) is 0 Å². The summed E-state index contributed by atoms with van der Waals surface area (Å²) in [5, 5.41) is 21.4. The lowest BCUT2D eigenvalue weighted by Gasteiger charge is -2.28. The normalized spacial score (nSPS) is 22.8. The average Bonchev–Trinajstić information content (AvgIpc) is 2.41. The summed E-state index contributed by atoms with van der Waals surface area (Å²) >= 11 is 0. The topological polar surface area (TPSA) is 86.6 Å². The Balaban J connectivity index is 2.01. The third-order valence-corrected chi connectivity index (χ3v) is 3.44. The number of carbonyl (C=O) groups excluding carboxylic acids is 1. The lowest BCUT2D eigenvalue weighted by atomic mass is 9.92. The molecule has 1 fully saturated rings. The molecule has 0 saturated heterocycles. The molecule has 0 aromatic heterocycles. The molecule has 0 bridgehead atoms. The first-order chi connectivity index (χ1) is 9.08. The molecule has 0 spiro atoms. The summed E-state index contributed by atoms with van der Waals surface area (Å²) in [5.41, 5.74) is 0.553. The van der Waals surface area contributed by atoms with Crippen molar-refractivity contribution in [2.45, 2.75) is 37.8 Å². The molecule has 19 heavy (non-hydrogen) atoms. The maximum atomic E-state index is 12.0. The van der Waals surface area contributed by atoms with E-state index in [1.54, 1.807) is 0 Å². The Bertz CT molecular complexity index is 469. The number of benzene rings is 1. The fourth-order valence-electron chi connectivity index (χ4n) is 2.30. The first-order valence-electron chi connectivity index (χ1n) is 6.40. The van der Waals surface area contributed by atoms with Gasteiger partial charge in [0.1, 0.15) is 0 Å². The second-order valence-electron chi connectivity index (χ2n) is 4.81. The first-order valence-corrected chi connectivity index (χ1v) is 6.40. The van der Waals surface area contributed by atoms with Crippen molar-refractivity contribution in [2.24, 2.45) is 0 Å². The molecular formula is C14H17NO4. The van der Waals surface area contributed by atoms with E-state index < -0.39 is 12.1 Å². The van der Waals surface area contributed by atoms with Gasteiger partial charge in [-0.3, -0.25) is 4.79 Å². The van der Waals surface area contributed by atoms with E-state index in [1.165, 1.54) is 24.3 Å². The molecule has 2 atom stereocenters. The molecule has 3 N–H and O–H groups in total. The van der Waals surface area contributed by atoms with Gasteiger partial charge >= 0.3 is 5.97 Å². The van der Waals surface area contributed by atoms with Crippen molar-refractivity contribution in [3.63, 3.8) is 0 Å². The van der Waals surface area contributed by atoms with E-state index in [0.717, 1.165) is 19.3 Å². The van der Waals surface area contributed by atoms with Gasteiger partial charge in [0.25, 0.3) is 5.91 Å². The van der Waals surface area contributed by atoms with Gasteiger partial charge in [0.15, 0.2) is 0 Å². The van der Waals surface area contributed by atoms with Crippen LogP contribution in [0.2, 0.25) is 0 Å². The number of amides is 1. The SMILES string of the molecule is O=C(O)c1ccc(C(=O)NC2CCCCC2O)cc1. The van der Waals surface area contributed by atoms with Gasteiger partial charge in [-0.2, -0.15) is 0 Å². The standard InChI is InChI=1S/C14H17NO4/c16-12-4-2-1-3-11(12)15-13(17)9-5-7-10(8-6-9)14(18)19/h5-8,11-12,16H,1-4H2,(H,15,17)(H,18,19). The van der Waals surface area contributed by atoms with E-state index in [1.807, 2.05) is 0 Å². The van der Waals surface area contributed by atoms with Crippen LogP contribution >= 0.6 is 0 Å². The van der Waals surface area contributed by atoms with Gasteiger partial charge in [-0.25, -0.2) is 4.79 Å². The predicted octanol–water partition coefficient (Wildman–Crippen LogP) is 1.42. The first kappa shape index (κ1) is 13.5. The van der Waals surface area contributed by atoms with Crippen molar-refractivity contribution in [2.75, 3.05) is 0 Å². The lowest BCUT2D eigenvalue weighted by Crippen LogP contribution is -2.45. The fraction of sp³-hybridized carbons (Fsp3) is 0.429. The smallest absolute Gasteiger partial charge is 0.335 e. The van der Waals surface area contributed by atoms with Crippen molar-refractivity contribution in [1.82, 2.24) is 5.32 Å². The Kier molecular flexibility index (Phi) is 4.16. The van der Waals surface area contributed by atoms with Crippen LogP contribution in [0.3, 0.4) is 0 Å². The summed E-state index contributed by atoms with van der Waals surface area (Å²) in [6.07, 6.45) is 2.99. The van der Waals surface area contributed by atoms with Crippen LogP contribution in [0.15, 0.2) is 24.3 Å². The summed E-state index contributed by atoms with van der Waals surface area (Å²) < 4.78 is 0. The van der Waals surface area contributed by atoms with E-state index in [9.17, 15) is 14.7 Å². The van der Waals surface area contributed by atoms with Crippen LogP contribution in [0.5, 0.6) is 0 Å². The van der Waals surface area contributed by atoms with Gasteiger partial charge in [0, 0.05) is 5.56 Å². The molecule has 102 valence electrons. The second-order valence-corrected chi connectivity index (χ2v) is 4.81. The summed E-state index contributed by atoms with van der Waals surface area (Å²) in [5.74, 6) is -1.29. The third kappa shape index (κ3) is 3.32. The Labute approximate surface area is 111 Å². The zero-order chi connectivity index (χ0) is 13.8. The predicted molar refractivity (Wildman–Crippen MR) is 69.1 cm³/mol. The van der Waals surface area contributed by atoms with Gasteiger partial charge in [-0.05, 0) is 37.1 Å². The minimum atomic E-state index is -1.02. The van der Waals surface area contributed by atoms with Crippen molar-refractivity contribution in [3.8, 4) is 0 Å².